The maximum absolute atomic E-state index is 13.1. The van der Waals surface area contributed by atoms with E-state index < -0.39 is 6.04 Å². The summed E-state index contributed by atoms with van der Waals surface area (Å²) in [5, 5.41) is 13.8. The molecule has 7 heteroatoms. The molecule has 27 heavy (non-hydrogen) atoms. The van der Waals surface area contributed by atoms with Crippen molar-refractivity contribution in [2.75, 3.05) is 6.54 Å². The second-order valence-electron chi connectivity index (χ2n) is 7.44. The second kappa shape index (κ2) is 7.03. The number of amides is 1. The van der Waals surface area contributed by atoms with E-state index >= 15 is 0 Å². The number of rotatable bonds is 3. The molecule has 1 amide bonds. The van der Waals surface area contributed by atoms with Crippen LogP contribution in [-0.4, -0.2) is 37.7 Å². The zero-order valence-corrected chi connectivity index (χ0v) is 15.5. The Kier molecular flexibility index (Phi) is 4.56. The molecule has 0 N–H and O–H groups in total. The van der Waals surface area contributed by atoms with Crippen LogP contribution in [0.5, 0.6) is 0 Å². The second-order valence-corrected chi connectivity index (χ2v) is 7.44. The van der Waals surface area contributed by atoms with Gasteiger partial charge in [0, 0.05) is 13.0 Å². The van der Waals surface area contributed by atoms with Gasteiger partial charge < -0.3 is 4.90 Å². The maximum Gasteiger partial charge on any atom is 0.346 e. The standard InChI is InChI=1S/C20H23N5O2/c1-14-7-9-15(10-8-14)13-24-20(27)25-17(5-2-6-18(25)22-24)19(26)23-11-3-4-16(23)12-21/h7-10,16-17H,2-6,11,13H2,1H3/t16-,17+/m0/s1. The number of carbonyl (C=O) groups is 1. The number of aryl methyl sites for hydroxylation is 2. The van der Waals surface area contributed by atoms with Crippen molar-refractivity contribution in [1.82, 2.24) is 19.2 Å². The molecule has 2 aliphatic heterocycles. The van der Waals surface area contributed by atoms with Crippen LogP contribution in [0.25, 0.3) is 0 Å². The Balaban J connectivity index is 1.64. The highest BCUT2D eigenvalue weighted by molar-refractivity contribution is 5.81. The van der Waals surface area contributed by atoms with Crippen molar-refractivity contribution in [3.05, 3.63) is 51.7 Å². The SMILES string of the molecule is Cc1ccc(Cn2nc3n(c2=O)[C@@H](C(=O)N2CCC[C@H]2C#N)CCC3)cc1. The Hall–Kier alpha value is -2.88. The van der Waals surface area contributed by atoms with E-state index in [9.17, 15) is 14.9 Å². The van der Waals surface area contributed by atoms with Crippen molar-refractivity contribution in [2.45, 2.75) is 57.7 Å². The lowest BCUT2D eigenvalue weighted by molar-refractivity contribution is -0.135. The molecule has 2 atom stereocenters. The van der Waals surface area contributed by atoms with E-state index in [1.165, 1.54) is 10.2 Å². The van der Waals surface area contributed by atoms with E-state index in [1.807, 2.05) is 31.2 Å². The number of aromatic nitrogens is 3. The van der Waals surface area contributed by atoms with Crippen LogP contribution < -0.4 is 5.69 Å². The topological polar surface area (TPSA) is 83.9 Å². The fourth-order valence-corrected chi connectivity index (χ4v) is 4.09. The van der Waals surface area contributed by atoms with Gasteiger partial charge in [-0.05, 0) is 38.2 Å². The molecule has 0 radical (unpaired) electrons. The third kappa shape index (κ3) is 3.16. The molecule has 0 saturated carbocycles. The summed E-state index contributed by atoms with van der Waals surface area (Å²) >= 11 is 0. The number of nitriles is 1. The van der Waals surface area contributed by atoms with Crippen molar-refractivity contribution in [1.29, 1.82) is 5.26 Å². The minimum absolute atomic E-state index is 0.114. The van der Waals surface area contributed by atoms with E-state index in [2.05, 4.69) is 11.2 Å². The number of hydrogen-bond acceptors (Lipinski definition) is 4. The van der Waals surface area contributed by atoms with Crippen molar-refractivity contribution in [3.63, 3.8) is 0 Å². The third-order valence-corrected chi connectivity index (χ3v) is 5.55. The Morgan fingerprint density at radius 2 is 2.04 bits per heavy atom. The highest BCUT2D eigenvalue weighted by Crippen LogP contribution is 2.27. The van der Waals surface area contributed by atoms with Crippen LogP contribution in [0.2, 0.25) is 0 Å². The van der Waals surface area contributed by atoms with E-state index in [4.69, 9.17) is 0 Å². The number of benzene rings is 1. The molecule has 0 aliphatic carbocycles. The first-order chi connectivity index (χ1) is 13.1. The normalized spacial score (nSPS) is 21.7. The first-order valence-electron chi connectivity index (χ1n) is 9.52. The van der Waals surface area contributed by atoms with Gasteiger partial charge in [-0.3, -0.25) is 9.36 Å². The Labute approximate surface area is 157 Å². The molecular formula is C20H23N5O2. The zero-order valence-electron chi connectivity index (χ0n) is 15.5. The lowest BCUT2D eigenvalue weighted by atomic mass is 10.0. The summed E-state index contributed by atoms with van der Waals surface area (Å²) in [5.74, 6) is 0.557. The molecule has 0 bridgehead atoms. The molecule has 1 aromatic carbocycles. The van der Waals surface area contributed by atoms with Gasteiger partial charge in [0.1, 0.15) is 17.9 Å². The van der Waals surface area contributed by atoms with Crippen molar-refractivity contribution in [3.8, 4) is 6.07 Å². The molecule has 1 fully saturated rings. The lowest BCUT2D eigenvalue weighted by Crippen LogP contribution is -2.44. The quantitative estimate of drug-likeness (QED) is 0.830. The largest absolute Gasteiger partial charge is 0.346 e. The molecular weight excluding hydrogens is 342 g/mol. The van der Waals surface area contributed by atoms with Crippen molar-refractivity contribution >= 4 is 5.91 Å². The molecule has 0 spiro atoms. The Bertz CT molecular complexity index is 950. The average Bonchev–Trinajstić information content (AvgIpc) is 3.28. The molecule has 1 aromatic heterocycles. The summed E-state index contributed by atoms with van der Waals surface area (Å²) < 4.78 is 3.02. The summed E-state index contributed by atoms with van der Waals surface area (Å²) in [5.41, 5.74) is 1.93. The number of nitrogens with zero attached hydrogens (tertiary/aromatic N) is 5. The molecule has 3 heterocycles. The van der Waals surface area contributed by atoms with E-state index in [-0.39, 0.29) is 17.6 Å². The number of hydrogen-bond donors (Lipinski definition) is 0. The van der Waals surface area contributed by atoms with E-state index in [0.29, 0.717) is 38.2 Å². The summed E-state index contributed by atoms with van der Waals surface area (Å²) in [6, 6.07) is 9.30. The minimum Gasteiger partial charge on any atom is -0.325 e. The van der Waals surface area contributed by atoms with Gasteiger partial charge in [0.25, 0.3) is 0 Å². The number of fused-ring (bicyclic) bond motifs is 1. The Morgan fingerprint density at radius 3 is 2.78 bits per heavy atom. The summed E-state index contributed by atoms with van der Waals surface area (Å²) in [7, 11) is 0. The van der Waals surface area contributed by atoms with Gasteiger partial charge >= 0.3 is 5.69 Å². The fraction of sp³-hybridized carbons (Fsp3) is 0.500. The maximum atomic E-state index is 13.1. The van der Waals surface area contributed by atoms with Crippen LogP contribution in [-0.2, 0) is 17.8 Å². The smallest absolute Gasteiger partial charge is 0.325 e. The van der Waals surface area contributed by atoms with E-state index in [0.717, 1.165) is 18.4 Å². The summed E-state index contributed by atoms with van der Waals surface area (Å²) in [4.78, 5) is 27.7. The molecule has 2 aliphatic rings. The average molecular weight is 365 g/mol. The van der Waals surface area contributed by atoms with Crippen LogP contribution in [0.1, 0.15) is 48.7 Å². The minimum atomic E-state index is -0.540. The van der Waals surface area contributed by atoms with Gasteiger partial charge in [-0.2, -0.15) is 10.4 Å². The Morgan fingerprint density at radius 1 is 1.26 bits per heavy atom. The predicted octanol–water partition coefficient (Wildman–Crippen LogP) is 1.79. The van der Waals surface area contributed by atoms with Gasteiger partial charge in [-0.1, -0.05) is 29.8 Å². The molecule has 0 unspecified atom stereocenters. The molecule has 2 aromatic rings. The molecule has 140 valence electrons. The summed E-state index contributed by atoms with van der Waals surface area (Å²) in [6.07, 6.45) is 3.69. The van der Waals surface area contributed by atoms with Gasteiger partial charge in [0.05, 0.1) is 12.6 Å². The molecule has 1 saturated heterocycles. The van der Waals surface area contributed by atoms with Crippen molar-refractivity contribution in [2.24, 2.45) is 0 Å². The van der Waals surface area contributed by atoms with Crippen molar-refractivity contribution < 1.29 is 4.79 Å². The van der Waals surface area contributed by atoms with Crippen LogP contribution >= 0.6 is 0 Å². The number of carbonyl (C=O) groups excluding carboxylic acids is 1. The van der Waals surface area contributed by atoms with Gasteiger partial charge in [0.15, 0.2) is 0 Å². The highest BCUT2D eigenvalue weighted by atomic mass is 16.2. The molecule has 4 rings (SSSR count). The first kappa shape index (κ1) is 17.5. The van der Waals surface area contributed by atoms with Crippen LogP contribution in [0.3, 0.4) is 0 Å². The van der Waals surface area contributed by atoms with Crippen LogP contribution in [0, 0.1) is 18.3 Å². The van der Waals surface area contributed by atoms with Gasteiger partial charge in [0.2, 0.25) is 5.91 Å². The van der Waals surface area contributed by atoms with Gasteiger partial charge in [-0.25, -0.2) is 9.48 Å². The third-order valence-electron chi connectivity index (χ3n) is 5.55. The zero-order chi connectivity index (χ0) is 19.0. The van der Waals surface area contributed by atoms with E-state index in [1.54, 1.807) is 9.47 Å². The fourth-order valence-electron chi connectivity index (χ4n) is 4.09. The number of likely N-dealkylation sites (tertiary alicyclic amines) is 1. The van der Waals surface area contributed by atoms with Crippen LogP contribution in [0.15, 0.2) is 29.1 Å². The highest BCUT2D eigenvalue weighted by Gasteiger charge is 2.37. The lowest BCUT2D eigenvalue weighted by Gasteiger charge is -2.28. The van der Waals surface area contributed by atoms with Gasteiger partial charge in [-0.15, -0.1) is 0 Å². The monoisotopic (exact) mass is 365 g/mol. The summed E-state index contributed by atoms with van der Waals surface area (Å²) in [6.45, 7) is 3.01. The predicted molar refractivity (Wildman–Crippen MR) is 99.1 cm³/mol. The first-order valence-corrected chi connectivity index (χ1v) is 9.52. The molecule has 7 nitrogen and oxygen atoms in total. The van der Waals surface area contributed by atoms with Crippen LogP contribution in [0.4, 0.5) is 0 Å².